The van der Waals surface area contributed by atoms with E-state index in [1.807, 2.05) is 29.2 Å². The van der Waals surface area contributed by atoms with Crippen LogP contribution in [0.2, 0.25) is 5.02 Å². The summed E-state index contributed by atoms with van der Waals surface area (Å²) in [6, 6.07) is 15.2. The van der Waals surface area contributed by atoms with Gasteiger partial charge >= 0.3 is 6.03 Å². The van der Waals surface area contributed by atoms with Crippen LogP contribution in [0.4, 0.5) is 10.5 Å². The molecule has 1 unspecified atom stereocenters. The van der Waals surface area contributed by atoms with Gasteiger partial charge < -0.3 is 15.7 Å². The van der Waals surface area contributed by atoms with Crippen LogP contribution in [0.15, 0.2) is 48.5 Å². The minimum atomic E-state index is -0.0380. The summed E-state index contributed by atoms with van der Waals surface area (Å²) in [5, 5.41) is 18.3. The van der Waals surface area contributed by atoms with E-state index >= 15 is 0 Å². The topological polar surface area (TPSA) is 96.9 Å². The molecule has 2 saturated heterocycles. The van der Waals surface area contributed by atoms with Crippen LogP contribution in [0.3, 0.4) is 0 Å². The number of amidine groups is 1. The van der Waals surface area contributed by atoms with Gasteiger partial charge in [-0.15, -0.1) is 0 Å². The molecule has 0 aromatic heterocycles. The van der Waals surface area contributed by atoms with Gasteiger partial charge in [-0.2, -0.15) is 0 Å². The van der Waals surface area contributed by atoms with E-state index in [9.17, 15) is 9.90 Å². The van der Waals surface area contributed by atoms with E-state index in [0.717, 1.165) is 37.5 Å². The van der Waals surface area contributed by atoms with Crippen molar-refractivity contribution in [1.29, 1.82) is 5.41 Å². The number of amides is 2. The lowest BCUT2D eigenvalue weighted by molar-refractivity contribution is 0.115. The Balaban J connectivity index is 1.37. The second kappa shape index (κ2) is 10.5. The van der Waals surface area contributed by atoms with Crippen molar-refractivity contribution in [3.63, 3.8) is 0 Å². The molecule has 2 fully saturated rings. The van der Waals surface area contributed by atoms with E-state index in [1.165, 1.54) is 5.56 Å². The number of anilines is 1. The number of benzene rings is 2. The third-order valence-corrected chi connectivity index (χ3v) is 6.90. The van der Waals surface area contributed by atoms with Gasteiger partial charge in [0.2, 0.25) is 0 Å². The summed E-state index contributed by atoms with van der Waals surface area (Å²) in [7, 11) is 0. The number of aliphatic hydroxyl groups excluding tert-OH is 1. The molecule has 4 rings (SSSR count). The predicted octanol–water partition coefficient (Wildman–Crippen LogP) is 3.39. The van der Waals surface area contributed by atoms with Gasteiger partial charge in [-0.05, 0) is 61.7 Å². The maximum Gasteiger partial charge on any atom is 0.324 e. The number of halogens is 1. The van der Waals surface area contributed by atoms with Crippen LogP contribution in [0, 0.1) is 17.2 Å². The summed E-state index contributed by atoms with van der Waals surface area (Å²) in [5.41, 5.74) is 8.20. The molecule has 2 aromatic rings. The number of aliphatic hydroxyl groups is 1. The third-order valence-electron chi connectivity index (χ3n) is 6.65. The molecule has 0 saturated carbocycles. The van der Waals surface area contributed by atoms with Gasteiger partial charge in [0.15, 0.2) is 0 Å². The first-order valence-electron chi connectivity index (χ1n) is 11.5. The Morgan fingerprint density at radius 3 is 2.48 bits per heavy atom. The van der Waals surface area contributed by atoms with Crippen molar-refractivity contribution in [2.45, 2.75) is 19.4 Å². The highest BCUT2D eigenvalue weighted by Crippen LogP contribution is 2.27. The summed E-state index contributed by atoms with van der Waals surface area (Å²) in [6.45, 7) is 4.70. The Morgan fingerprint density at radius 2 is 1.82 bits per heavy atom. The SMILES string of the molecule is N=C(N)c1cccc(N2CC(CO)CN(CC3CCN(Cc4ccc(Cl)cc4)CC3)C2=O)c1. The van der Waals surface area contributed by atoms with E-state index < -0.39 is 0 Å². The highest BCUT2D eigenvalue weighted by molar-refractivity contribution is 6.30. The van der Waals surface area contributed by atoms with Gasteiger partial charge in [0.25, 0.3) is 0 Å². The molecule has 0 bridgehead atoms. The molecule has 0 aliphatic carbocycles. The maximum atomic E-state index is 13.3. The lowest BCUT2D eigenvalue weighted by Gasteiger charge is -2.42. The van der Waals surface area contributed by atoms with Crippen molar-refractivity contribution in [3.05, 3.63) is 64.7 Å². The van der Waals surface area contributed by atoms with Crippen LogP contribution in [-0.4, -0.2) is 66.1 Å². The highest BCUT2D eigenvalue weighted by Gasteiger charge is 2.34. The summed E-state index contributed by atoms with van der Waals surface area (Å²) >= 11 is 5.99. The van der Waals surface area contributed by atoms with Crippen LogP contribution < -0.4 is 10.6 Å². The summed E-state index contributed by atoms with van der Waals surface area (Å²) in [5.74, 6) is 0.411. The van der Waals surface area contributed by atoms with Gasteiger partial charge in [0, 0.05) is 55.0 Å². The molecule has 2 aliphatic heterocycles. The number of nitrogens with two attached hydrogens (primary N) is 1. The first kappa shape index (κ1) is 23.5. The van der Waals surface area contributed by atoms with Crippen molar-refractivity contribution in [2.24, 2.45) is 17.6 Å². The molecule has 0 spiro atoms. The van der Waals surface area contributed by atoms with Crippen molar-refractivity contribution < 1.29 is 9.90 Å². The molecule has 4 N–H and O–H groups in total. The minimum Gasteiger partial charge on any atom is -0.396 e. The molecule has 8 heteroatoms. The second-order valence-corrected chi connectivity index (χ2v) is 9.59. The van der Waals surface area contributed by atoms with E-state index in [2.05, 4.69) is 17.0 Å². The van der Waals surface area contributed by atoms with Gasteiger partial charge in [0.1, 0.15) is 5.84 Å². The average Bonchev–Trinajstić information content (AvgIpc) is 2.83. The number of nitrogens with zero attached hydrogens (tertiary/aromatic N) is 3. The lowest BCUT2D eigenvalue weighted by atomic mass is 9.94. The van der Waals surface area contributed by atoms with Gasteiger partial charge in [-0.25, -0.2) is 4.79 Å². The largest absolute Gasteiger partial charge is 0.396 e. The first-order chi connectivity index (χ1) is 15.9. The monoisotopic (exact) mass is 469 g/mol. The number of likely N-dealkylation sites (tertiary alicyclic amines) is 1. The number of hydrogen-bond acceptors (Lipinski definition) is 4. The number of piperidine rings is 1. The fourth-order valence-electron chi connectivity index (χ4n) is 4.77. The normalized spacial score (nSPS) is 20.3. The van der Waals surface area contributed by atoms with E-state index in [-0.39, 0.29) is 24.4 Å². The van der Waals surface area contributed by atoms with Crippen molar-refractivity contribution in [2.75, 3.05) is 44.2 Å². The van der Waals surface area contributed by atoms with E-state index in [1.54, 1.807) is 17.0 Å². The van der Waals surface area contributed by atoms with Gasteiger partial charge in [-0.1, -0.05) is 35.9 Å². The Morgan fingerprint density at radius 1 is 1.09 bits per heavy atom. The highest BCUT2D eigenvalue weighted by atomic mass is 35.5. The number of hydrogen-bond donors (Lipinski definition) is 3. The Hall–Kier alpha value is -2.61. The standard InChI is InChI=1S/C25H32ClN5O2/c26-22-6-4-18(5-7-22)13-29-10-8-19(9-11-29)14-30-15-20(17-32)16-31(25(30)33)23-3-1-2-21(12-23)24(27)28/h1-7,12,19-20,32H,8-11,13-17H2,(H3,27,28). The molecule has 2 aromatic carbocycles. The number of nitrogens with one attached hydrogen (secondary N) is 1. The quantitative estimate of drug-likeness (QED) is 0.427. The Labute approximate surface area is 200 Å². The smallest absolute Gasteiger partial charge is 0.324 e. The first-order valence-corrected chi connectivity index (χ1v) is 11.9. The molecular weight excluding hydrogens is 438 g/mol. The molecule has 7 nitrogen and oxygen atoms in total. The molecule has 0 radical (unpaired) electrons. The zero-order valence-corrected chi connectivity index (χ0v) is 19.5. The number of carbonyl (C=O) groups excluding carboxylic acids is 1. The number of rotatable bonds is 7. The molecule has 2 heterocycles. The second-order valence-electron chi connectivity index (χ2n) is 9.16. The Bertz CT molecular complexity index is 975. The van der Waals surface area contributed by atoms with Crippen LogP contribution >= 0.6 is 11.6 Å². The van der Waals surface area contributed by atoms with Crippen LogP contribution in [0.25, 0.3) is 0 Å². The lowest BCUT2D eigenvalue weighted by Crippen LogP contribution is -2.56. The minimum absolute atomic E-state index is 0.00585. The predicted molar refractivity (Wildman–Crippen MR) is 132 cm³/mol. The zero-order chi connectivity index (χ0) is 23.4. The van der Waals surface area contributed by atoms with E-state index in [4.69, 9.17) is 22.7 Å². The van der Waals surface area contributed by atoms with Crippen LogP contribution in [-0.2, 0) is 6.54 Å². The fourth-order valence-corrected chi connectivity index (χ4v) is 4.89. The molecule has 176 valence electrons. The van der Waals surface area contributed by atoms with Crippen molar-refractivity contribution in [3.8, 4) is 0 Å². The van der Waals surface area contributed by atoms with Crippen molar-refractivity contribution >= 4 is 29.2 Å². The Kier molecular flexibility index (Phi) is 7.53. The zero-order valence-electron chi connectivity index (χ0n) is 18.8. The van der Waals surface area contributed by atoms with Crippen molar-refractivity contribution in [1.82, 2.24) is 9.80 Å². The molecule has 2 aliphatic rings. The molecular formula is C25H32ClN5O2. The van der Waals surface area contributed by atoms with Gasteiger partial charge in [-0.3, -0.25) is 15.2 Å². The average molecular weight is 470 g/mol. The maximum absolute atomic E-state index is 13.3. The fraction of sp³-hybridized carbons (Fsp3) is 0.440. The molecule has 2 amide bonds. The molecule has 1 atom stereocenters. The summed E-state index contributed by atoms with van der Waals surface area (Å²) in [6.07, 6.45) is 2.09. The van der Waals surface area contributed by atoms with E-state index in [0.29, 0.717) is 36.8 Å². The van der Waals surface area contributed by atoms with Gasteiger partial charge in [0.05, 0.1) is 0 Å². The number of carbonyl (C=O) groups is 1. The third kappa shape index (κ3) is 5.85. The molecule has 33 heavy (non-hydrogen) atoms. The van der Waals surface area contributed by atoms with Crippen LogP contribution in [0.1, 0.15) is 24.0 Å². The summed E-state index contributed by atoms with van der Waals surface area (Å²) in [4.78, 5) is 19.4. The number of urea groups is 1. The van der Waals surface area contributed by atoms with Crippen LogP contribution in [0.5, 0.6) is 0 Å². The summed E-state index contributed by atoms with van der Waals surface area (Å²) < 4.78 is 0. The number of nitrogen functional groups attached to an aromatic ring is 1.